The molecule has 0 bridgehead atoms. The number of aliphatic hydroxyl groups is 1. The van der Waals surface area contributed by atoms with Crippen LogP contribution in [0.4, 0.5) is 0 Å². The normalized spacial score (nSPS) is 11.9. The quantitative estimate of drug-likeness (QED) is 0.218. The molecular formula is C4H18KNO9P2. The van der Waals surface area contributed by atoms with Crippen molar-refractivity contribution < 1.29 is 44.8 Å². The van der Waals surface area contributed by atoms with Gasteiger partial charge >= 0.3 is 66.6 Å². The van der Waals surface area contributed by atoms with Crippen molar-refractivity contribution >= 4 is 66.6 Å². The van der Waals surface area contributed by atoms with Gasteiger partial charge in [-0.25, -0.2) is 0 Å². The Morgan fingerprint density at radius 1 is 1.00 bits per heavy atom. The molecule has 0 spiro atoms. The summed E-state index contributed by atoms with van der Waals surface area (Å²) >= 11 is 0. The molecule has 0 aliphatic heterocycles. The van der Waals surface area contributed by atoms with Crippen LogP contribution in [0.15, 0.2) is 0 Å². The van der Waals surface area contributed by atoms with E-state index in [1.165, 1.54) is 0 Å². The Morgan fingerprint density at radius 3 is 1.47 bits per heavy atom. The van der Waals surface area contributed by atoms with Crippen molar-refractivity contribution in [3.8, 4) is 0 Å². The van der Waals surface area contributed by atoms with Gasteiger partial charge in [-0.05, 0) is 13.0 Å². The monoisotopic (exact) mass is 325 g/mol. The summed E-state index contributed by atoms with van der Waals surface area (Å²) in [5, 5.41) is 5.91. The fourth-order valence-corrected chi connectivity index (χ4v) is 3.06. The minimum atomic E-state index is -5.30. The molecule has 104 valence electrons. The molecule has 0 unspecified atom stereocenters. The topological polar surface area (TPSA) is 224 Å². The van der Waals surface area contributed by atoms with Gasteiger partial charge in [0.25, 0.3) is 5.08 Å². The molecule has 0 amide bonds. The third kappa shape index (κ3) is 7.21. The molecule has 0 aromatic heterocycles. The first kappa shape index (κ1) is 27.2. The molecule has 10 nitrogen and oxygen atoms in total. The SMILES string of the molecule is NCCCC(O)(P(=O)(O)O)P(=O)(O)O.O.O.[KH]. The van der Waals surface area contributed by atoms with Crippen LogP contribution >= 0.6 is 15.2 Å². The Labute approximate surface area is 140 Å². The second-order valence-corrected chi connectivity index (χ2v) is 6.76. The molecule has 0 saturated carbocycles. The third-order valence-electron chi connectivity index (χ3n) is 1.65. The zero-order valence-electron chi connectivity index (χ0n) is 8.15. The first-order chi connectivity index (χ1) is 6.06. The Bertz CT molecular complexity index is 265. The standard InChI is InChI=1S/C4H13NO7P2.K.2H2O.H/c5-3-1-2-4(6,13(7,8)9)14(10,11)12;;;;/h6H,1-3,5H2,(H2,7,8,9)(H2,10,11,12);;2*1H2;. The molecule has 0 aromatic rings. The van der Waals surface area contributed by atoms with E-state index in [2.05, 4.69) is 0 Å². The fraction of sp³-hybridized carbons (Fsp3) is 1.00. The first-order valence-corrected chi connectivity index (χ1v) is 6.82. The predicted molar refractivity (Wildman–Crippen MR) is 61.7 cm³/mol. The Morgan fingerprint density at radius 2 is 1.29 bits per heavy atom. The molecule has 0 radical (unpaired) electrons. The maximum atomic E-state index is 10.7. The summed E-state index contributed by atoms with van der Waals surface area (Å²) < 4.78 is 21.4. The van der Waals surface area contributed by atoms with Crippen molar-refractivity contribution in [1.29, 1.82) is 0 Å². The van der Waals surface area contributed by atoms with Gasteiger partial charge in [-0.2, -0.15) is 0 Å². The average Bonchev–Trinajstić information content (AvgIpc) is 1.95. The van der Waals surface area contributed by atoms with Gasteiger partial charge < -0.3 is 41.4 Å². The van der Waals surface area contributed by atoms with Crippen LogP contribution in [0.1, 0.15) is 12.8 Å². The molecular weight excluding hydrogens is 307 g/mol. The molecule has 13 heteroatoms. The summed E-state index contributed by atoms with van der Waals surface area (Å²) in [6, 6.07) is 0. The maximum absolute atomic E-state index is 10.7. The molecule has 11 N–H and O–H groups in total. The van der Waals surface area contributed by atoms with E-state index in [1.807, 2.05) is 0 Å². The van der Waals surface area contributed by atoms with Gasteiger partial charge in [-0.1, -0.05) is 0 Å². The number of nitrogens with two attached hydrogens (primary N) is 1. The van der Waals surface area contributed by atoms with E-state index in [1.54, 1.807) is 0 Å². The Kier molecular flexibility index (Phi) is 15.4. The van der Waals surface area contributed by atoms with Crippen molar-refractivity contribution in [3.63, 3.8) is 0 Å². The molecule has 0 atom stereocenters. The summed E-state index contributed by atoms with van der Waals surface area (Å²) in [4.78, 5) is 34.5. The van der Waals surface area contributed by atoms with Crippen LogP contribution in [0.5, 0.6) is 0 Å². The minimum absolute atomic E-state index is 0. The van der Waals surface area contributed by atoms with Gasteiger partial charge in [0.1, 0.15) is 0 Å². The number of hydrogen-bond acceptors (Lipinski definition) is 4. The van der Waals surface area contributed by atoms with Gasteiger partial charge in [0, 0.05) is 6.42 Å². The number of hydrogen-bond donors (Lipinski definition) is 6. The van der Waals surface area contributed by atoms with Crippen molar-refractivity contribution in [2.45, 2.75) is 17.9 Å². The first-order valence-electron chi connectivity index (χ1n) is 3.60. The number of rotatable bonds is 5. The second kappa shape index (κ2) is 9.64. The van der Waals surface area contributed by atoms with Crippen LogP contribution in [0.25, 0.3) is 0 Å². The molecule has 0 heterocycles. The Balaban J connectivity index is -0.000000282. The zero-order chi connectivity index (χ0) is 11.6. The second-order valence-electron chi connectivity index (χ2n) is 2.75. The van der Waals surface area contributed by atoms with Gasteiger partial charge in [-0.15, -0.1) is 0 Å². The average molecular weight is 325 g/mol. The van der Waals surface area contributed by atoms with Crippen LogP contribution in [-0.4, -0.2) is 98.6 Å². The fourth-order valence-electron chi connectivity index (χ4n) is 0.800. The molecule has 0 rings (SSSR count). The summed E-state index contributed by atoms with van der Waals surface area (Å²) in [6.45, 7) is -0.0394. The van der Waals surface area contributed by atoms with Gasteiger partial charge in [-0.3, -0.25) is 9.13 Å². The molecule has 17 heavy (non-hydrogen) atoms. The van der Waals surface area contributed by atoms with Crippen molar-refractivity contribution in [1.82, 2.24) is 0 Å². The Hall–Kier alpha value is 1.78. The third-order valence-corrected chi connectivity index (χ3v) is 5.53. The van der Waals surface area contributed by atoms with Crippen molar-refractivity contribution in [3.05, 3.63) is 0 Å². The van der Waals surface area contributed by atoms with Gasteiger partial charge in [0.05, 0.1) is 0 Å². The molecule has 0 aliphatic carbocycles. The van der Waals surface area contributed by atoms with Crippen LogP contribution in [0.2, 0.25) is 0 Å². The van der Waals surface area contributed by atoms with Crippen LogP contribution < -0.4 is 5.73 Å². The van der Waals surface area contributed by atoms with E-state index >= 15 is 0 Å². The van der Waals surface area contributed by atoms with Crippen molar-refractivity contribution in [2.24, 2.45) is 5.73 Å². The van der Waals surface area contributed by atoms with E-state index in [9.17, 15) is 14.2 Å². The summed E-state index contributed by atoms with van der Waals surface area (Å²) in [5.41, 5.74) is 5.01. The van der Waals surface area contributed by atoms with E-state index in [4.69, 9.17) is 25.3 Å². The summed E-state index contributed by atoms with van der Waals surface area (Å²) in [7, 11) is -10.6. The van der Waals surface area contributed by atoms with Crippen molar-refractivity contribution in [2.75, 3.05) is 6.54 Å². The van der Waals surface area contributed by atoms with Crippen LogP contribution in [0, 0.1) is 0 Å². The molecule has 0 aromatic carbocycles. The van der Waals surface area contributed by atoms with E-state index in [-0.39, 0.29) is 75.3 Å². The molecule has 0 fully saturated rings. The van der Waals surface area contributed by atoms with E-state index in [0.717, 1.165) is 0 Å². The van der Waals surface area contributed by atoms with Crippen LogP contribution in [0.3, 0.4) is 0 Å². The summed E-state index contributed by atoms with van der Waals surface area (Å²) in [5.74, 6) is 0. The molecule has 0 aliphatic rings. The zero-order valence-corrected chi connectivity index (χ0v) is 9.93. The predicted octanol–water partition coefficient (Wildman–Crippen LogP) is -3.57. The van der Waals surface area contributed by atoms with Crippen LogP contribution in [-0.2, 0) is 9.13 Å². The summed E-state index contributed by atoms with van der Waals surface area (Å²) in [6.07, 6.45) is -0.856. The van der Waals surface area contributed by atoms with Gasteiger partial charge in [0.15, 0.2) is 0 Å². The van der Waals surface area contributed by atoms with E-state index < -0.39 is 26.7 Å². The van der Waals surface area contributed by atoms with E-state index in [0.29, 0.717) is 0 Å². The van der Waals surface area contributed by atoms with Gasteiger partial charge in [0.2, 0.25) is 0 Å². The molecule has 0 saturated heterocycles.